The zero-order valence-electron chi connectivity index (χ0n) is 11.9. The number of tetrazole rings is 1. The predicted molar refractivity (Wildman–Crippen MR) is 82.6 cm³/mol. The van der Waals surface area contributed by atoms with E-state index in [-0.39, 0.29) is 0 Å². The molecule has 2 N–H and O–H groups in total. The van der Waals surface area contributed by atoms with Crippen LogP contribution < -0.4 is 5.73 Å². The highest BCUT2D eigenvalue weighted by Crippen LogP contribution is 2.23. The van der Waals surface area contributed by atoms with Gasteiger partial charge >= 0.3 is 0 Å². The Morgan fingerprint density at radius 1 is 1.00 bits per heavy atom. The molecule has 0 fully saturated rings. The van der Waals surface area contributed by atoms with Gasteiger partial charge in [-0.25, -0.2) is 4.68 Å². The van der Waals surface area contributed by atoms with E-state index in [1.807, 2.05) is 30.3 Å². The summed E-state index contributed by atoms with van der Waals surface area (Å²) in [4.78, 5) is 0. The minimum atomic E-state index is 0.640. The van der Waals surface area contributed by atoms with Crippen molar-refractivity contribution in [3.8, 4) is 11.4 Å². The van der Waals surface area contributed by atoms with Crippen molar-refractivity contribution in [2.75, 3.05) is 5.73 Å². The molecule has 0 aliphatic heterocycles. The summed E-state index contributed by atoms with van der Waals surface area (Å²) in [7, 11) is 0. The molecule has 0 atom stereocenters. The fraction of sp³-hybridized carbons (Fsp3) is 0.188. The molecule has 106 valence electrons. The number of para-hydroxylation sites is 1. The van der Waals surface area contributed by atoms with Crippen LogP contribution in [0.4, 0.5) is 5.69 Å². The number of nitrogen functional groups attached to an aromatic ring is 1. The molecule has 21 heavy (non-hydrogen) atoms. The maximum absolute atomic E-state index is 6.02. The smallest absolute Gasteiger partial charge is 0.184 e. The van der Waals surface area contributed by atoms with E-state index < -0.39 is 0 Å². The molecule has 0 spiro atoms. The van der Waals surface area contributed by atoms with Crippen LogP contribution in [-0.2, 0) is 13.0 Å². The van der Waals surface area contributed by atoms with Gasteiger partial charge < -0.3 is 5.73 Å². The number of hydrogen-bond donors (Lipinski definition) is 1. The highest BCUT2D eigenvalue weighted by molar-refractivity contribution is 5.71. The Labute approximate surface area is 123 Å². The van der Waals surface area contributed by atoms with Crippen LogP contribution in [0.25, 0.3) is 11.4 Å². The lowest BCUT2D eigenvalue weighted by Crippen LogP contribution is -2.07. The van der Waals surface area contributed by atoms with Crippen LogP contribution in [0.5, 0.6) is 0 Å². The number of hydrogen-bond acceptors (Lipinski definition) is 4. The summed E-state index contributed by atoms with van der Waals surface area (Å²) in [5.41, 5.74) is 10.1. The molecular weight excluding hydrogens is 262 g/mol. The highest BCUT2D eigenvalue weighted by Gasteiger charge is 2.12. The Hall–Kier alpha value is -2.69. The summed E-state index contributed by atoms with van der Waals surface area (Å²) in [5.74, 6) is 0.694. The van der Waals surface area contributed by atoms with Gasteiger partial charge in [0.1, 0.15) is 0 Å². The lowest BCUT2D eigenvalue weighted by Gasteiger charge is -2.10. The van der Waals surface area contributed by atoms with Crippen LogP contribution in [0.15, 0.2) is 48.5 Å². The second-order valence-corrected chi connectivity index (χ2v) is 4.87. The van der Waals surface area contributed by atoms with E-state index in [0.29, 0.717) is 18.1 Å². The monoisotopic (exact) mass is 279 g/mol. The summed E-state index contributed by atoms with van der Waals surface area (Å²) >= 11 is 0. The van der Waals surface area contributed by atoms with E-state index in [0.717, 1.165) is 12.0 Å². The van der Waals surface area contributed by atoms with Crippen LogP contribution in [0.1, 0.15) is 18.1 Å². The number of anilines is 1. The standard InChI is InChI=1S/C16H17N5/c1-2-12-7-3-4-8-13(12)11-21-16(18-19-20-21)14-9-5-6-10-15(14)17/h3-10H,2,11,17H2,1H3. The van der Waals surface area contributed by atoms with Gasteiger partial charge in [-0.2, -0.15) is 0 Å². The molecule has 0 aliphatic rings. The van der Waals surface area contributed by atoms with E-state index >= 15 is 0 Å². The van der Waals surface area contributed by atoms with Crippen LogP contribution >= 0.6 is 0 Å². The Balaban J connectivity index is 1.99. The molecule has 0 amide bonds. The minimum absolute atomic E-state index is 0.640. The second-order valence-electron chi connectivity index (χ2n) is 4.87. The van der Waals surface area contributed by atoms with Crippen molar-refractivity contribution in [3.05, 3.63) is 59.7 Å². The lowest BCUT2D eigenvalue weighted by atomic mass is 10.1. The number of nitrogens with two attached hydrogens (primary N) is 1. The number of nitrogens with zero attached hydrogens (tertiary/aromatic N) is 4. The van der Waals surface area contributed by atoms with Gasteiger partial charge in [0.25, 0.3) is 0 Å². The largest absolute Gasteiger partial charge is 0.398 e. The number of aryl methyl sites for hydroxylation is 1. The molecule has 0 unspecified atom stereocenters. The minimum Gasteiger partial charge on any atom is -0.398 e. The molecule has 0 bridgehead atoms. The molecule has 2 aromatic carbocycles. The van der Waals surface area contributed by atoms with Crippen molar-refractivity contribution in [1.82, 2.24) is 20.2 Å². The lowest BCUT2D eigenvalue weighted by molar-refractivity contribution is 0.649. The van der Waals surface area contributed by atoms with Crippen molar-refractivity contribution in [3.63, 3.8) is 0 Å². The molecular formula is C16H17N5. The quantitative estimate of drug-likeness (QED) is 0.745. The zero-order valence-corrected chi connectivity index (χ0v) is 11.9. The molecule has 1 aromatic heterocycles. The van der Waals surface area contributed by atoms with Gasteiger partial charge in [0.05, 0.1) is 6.54 Å². The fourth-order valence-electron chi connectivity index (χ4n) is 2.42. The Morgan fingerprint density at radius 2 is 1.71 bits per heavy atom. The van der Waals surface area contributed by atoms with Crippen LogP contribution in [0, 0.1) is 0 Å². The van der Waals surface area contributed by atoms with Gasteiger partial charge in [-0.1, -0.05) is 43.3 Å². The molecule has 5 heteroatoms. The number of rotatable bonds is 4. The maximum Gasteiger partial charge on any atom is 0.184 e. The van der Waals surface area contributed by atoms with Crippen molar-refractivity contribution >= 4 is 5.69 Å². The van der Waals surface area contributed by atoms with Crippen molar-refractivity contribution in [2.45, 2.75) is 19.9 Å². The molecule has 1 heterocycles. The summed E-state index contributed by atoms with van der Waals surface area (Å²) in [6, 6.07) is 16.0. The average molecular weight is 279 g/mol. The first-order valence-electron chi connectivity index (χ1n) is 6.97. The van der Waals surface area contributed by atoms with Crippen molar-refractivity contribution < 1.29 is 0 Å². The van der Waals surface area contributed by atoms with Gasteiger partial charge in [0.15, 0.2) is 5.82 Å². The molecule has 0 saturated heterocycles. The molecule has 3 aromatic rings. The zero-order chi connectivity index (χ0) is 14.7. The van der Waals surface area contributed by atoms with E-state index in [1.54, 1.807) is 4.68 Å². The molecule has 0 saturated carbocycles. The van der Waals surface area contributed by atoms with E-state index in [1.165, 1.54) is 11.1 Å². The van der Waals surface area contributed by atoms with Gasteiger partial charge in [-0.15, -0.1) is 5.10 Å². The van der Waals surface area contributed by atoms with Gasteiger partial charge in [0, 0.05) is 11.3 Å². The highest BCUT2D eigenvalue weighted by atomic mass is 15.5. The SMILES string of the molecule is CCc1ccccc1Cn1nnnc1-c1ccccc1N. The maximum atomic E-state index is 6.02. The summed E-state index contributed by atoms with van der Waals surface area (Å²) in [6.45, 7) is 2.79. The Morgan fingerprint density at radius 3 is 2.48 bits per heavy atom. The molecule has 3 rings (SSSR count). The van der Waals surface area contributed by atoms with Crippen LogP contribution in [0.2, 0.25) is 0 Å². The first-order valence-corrected chi connectivity index (χ1v) is 6.97. The van der Waals surface area contributed by atoms with Gasteiger partial charge in [-0.3, -0.25) is 0 Å². The van der Waals surface area contributed by atoms with Gasteiger partial charge in [-0.05, 0) is 40.1 Å². The van der Waals surface area contributed by atoms with Crippen LogP contribution in [0.3, 0.4) is 0 Å². The van der Waals surface area contributed by atoms with E-state index in [4.69, 9.17) is 5.73 Å². The van der Waals surface area contributed by atoms with Crippen molar-refractivity contribution in [2.24, 2.45) is 0 Å². The van der Waals surface area contributed by atoms with Crippen molar-refractivity contribution in [1.29, 1.82) is 0 Å². The number of benzene rings is 2. The summed E-state index contributed by atoms with van der Waals surface area (Å²) in [5, 5.41) is 12.0. The summed E-state index contributed by atoms with van der Waals surface area (Å²) < 4.78 is 1.79. The van der Waals surface area contributed by atoms with Crippen LogP contribution in [-0.4, -0.2) is 20.2 Å². The molecule has 0 aliphatic carbocycles. The first kappa shape index (κ1) is 13.3. The fourth-order valence-corrected chi connectivity index (χ4v) is 2.42. The third kappa shape index (κ3) is 2.63. The topological polar surface area (TPSA) is 69.6 Å². The van der Waals surface area contributed by atoms with E-state index in [2.05, 4.69) is 40.6 Å². The third-order valence-corrected chi connectivity index (χ3v) is 3.55. The Kier molecular flexibility index (Phi) is 3.64. The summed E-state index contributed by atoms with van der Waals surface area (Å²) in [6.07, 6.45) is 0.987. The first-order chi connectivity index (χ1) is 10.3. The molecule has 0 radical (unpaired) electrons. The third-order valence-electron chi connectivity index (χ3n) is 3.55. The van der Waals surface area contributed by atoms with Gasteiger partial charge in [0.2, 0.25) is 0 Å². The molecule has 5 nitrogen and oxygen atoms in total. The Bertz CT molecular complexity index is 748. The second kappa shape index (κ2) is 5.75. The van der Waals surface area contributed by atoms with E-state index in [9.17, 15) is 0 Å². The average Bonchev–Trinajstić information content (AvgIpc) is 2.96. The predicted octanol–water partition coefficient (Wildman–Crippen LogP) is 2.53. The normalized spacial score (nSPS) is 10.7. The number of aromatic nitrogens is 4.